The van der Waals surface area contributed by atoms with Crippen LogP contribution in [0.2, 0.25) is 0 Å². The average molecular weight is 643 g/mol. The minimum atomic E-state index is -0.103. The zero-order valence-corrected chi connectivity index (χ0v) is 27.8. The molecule has 0 aliphatic heterocycles. The van der Waals surface area contributed by atoms with Gasteiger partial charge in [-0.2, -0.15) is 0 Å². The molecular weight excluding hydrogens is 588 g/mol. The third-order valence-electron chi connectivity index (χ3n) is 7.05. The van der Waals surface area contributed by atoms with E-state index in [1.54, 1.807) is 38.2 Å². The molecule has 0 saturated carbocycles. The van der Waals surface area contributed by atoms with Crippen molar-refractivity contribution in [1.82, 2.24) is 11.0 Å². The molecule has 0 atom stereocenters. The first-order chi connectivity index (χ1) is 20.4. The van der Waals surface area contributed by atoms with Crippen molar-refractivity contribution in [3.63, 3.8) is 0 Å². The Balaban J connectivity index is 0.000000802. The first-order valence-electron chi connectivity index (χ1n) is 15.6. The second-order valence-corrected chi connectivity index (χ2v) is 10.8. The van der Waals surface area contributed by atoms with Crippen LogP contribution in [0.4, 0.5) is 0 Å². The first-order valence-corrected chi connectivity index (χ1v) is 15.6. The van der Waals surface area contributed by atoms with Gasteiger partial charge in [0.25, 0.3) is 0 Å². The van der Waals surface area contributed by atoms with Gasteiger partial charge in [-0.05, 0) is 62.1 Å². The van der Waals surface area contributed by atoms with Gasteiger partial charge in [-0.25, -0.2) is 0 Å². The summed E-state index contributed by atoms with van der Waals surface area (Å²) < 4.78 is 11.3. The zero-order valence-electron chi connectivity index (χ0n) is 26.7. The fourth-order valence-electron chi connectivity index (χ4n) is 4.39. The monoisotopic (exact) mass is 642 g/mol. The zero-order chi connectivity index (χ0) is 31.0. The Morgan fingerprint density at radius 1 is 0.605 bits per heavy atom. The van der Waals surface area contributed by atoms with Crippen molar-refractivity contribution in [3.05, 3.63) is 70.1 Å². The standard InChI is InChI=1S/2C17H27NO3.Fe/c2*1-3-4-5-6-7-8-11-21-13-15-9-10-17(19)16(12-15)14(2)18-20;/h2*9-10,12,18,20H,3-8,11,13H2,1-2H3;/b16-14+;16-14-;. The van der Waals surface area contributed by atoms with E-state index in [4.69, 9.17) is 19.9 Å². The molecule has 43 heavy (non-hydrogen) atoms. The van der Waals surface area contributed by atoms with Gasteiger partial charge in [-0.15, -0.1) is 0 Å². The Bertz CT molecular complexity index is 930. The van der Waals surface area contributed by atoms with E-state index in [9.17, 15) is 9.59 Å². The van der Waals surface area contributed by atoms with Gasteiger partial charge in [0, 0.05) is 52.8 Å². The normalized spacial score (nSPS) is 16.5. The molecule has 0 aromatic carbocycles. The van der Waals surface area contributed by atoms with E-state index >= 15 is 0 Å². The predicted octanol–water partition coefficient (Wildman–Crippen LogP) is 7.36. The third kappa shape index (κ3) is 18.2. The number of carbonyl (C=O) groups is 2. The second kappa shape index (κ2) is 26.2. The van der Waals surface area contributed by atoms with E-state index in [0.717, 1.165) is 37.2 Å². The number of allylic oxidation sites excluding steroid dienone is 8. The number of hydrogen-bond acceptors (Lipinski definition) is 8. The van der Waals surface area contributed by atoms with Crippen molar-refractivity contribution in [3.8, 4) is 0 Å². The minimum absolute atomic E-state index is 0. The summed E-state index contributed by atoms with van der Waals surface area (Å²) in [5.74, 6) is -0.206. The summed E-state index contributed by atoms with van der Waals surface area (Å²) >= 11 is 0. The van der Waals surface area contributed by atoms with E-state index in [2.05, 4.69) is 13.8 Å². The van der Waals surface area contributed by atoms with Crippen molar-refractivity contribution in [1.29, 1.82) is 0 Å². The molecule has 4 N–H and O–H groups in total. The van der Waals surface area contributed by atoms with Crippen LogP contribution in [0, 0.1) is 0 Å². The predicted molar refractivity (Wildman–Crippen MR) is 168 cm³/mol. The van der Waals surface area contributed by atoms with Crippen LogP contribution in [0.1, 0.15) is 105 Å². The number of carbonyl (C=O) groups excluding carboxylic acids is 2. The molecule has 2 rings (SSSR count). The Kier molecular flexibility index (Phi) is 24.8. The molecule has 0 spiro atoms. The molecule has 8 nitrogen and oxygen atoms in total. The number of unbranched alkanes of at least 4 members (excludes halogenated alkanes) is 10. The van der Waals surface area contributed by atoms with Gasteiger partial charge in [0.1, 0.15) is 0 Å². The molecule has 0 radical (unpaired) electrons. The minimum Gasteiger partial charge on any atom is -0.377 e. The molecule has 244 valence electrons. The van der Waals surface area contributed by atoms with Crippen LogP contribution >= 0.6 is 0 Å². The molecular formula is C34H54FeN2O6. The smallest absolute Gasteiger partial charge is 0.187 e. The topological polar surface area (TPSA) is 117 Å². The molecule has 0 bridgehead atoms. The number of hydroxylamine groups is 2. The fourth-order valence-corrected chi connectivity index (χ4v) is 4.39. The van der Waals surface area contributed by atoms with Crippen LogP contribution in [0.15, 0.2) is 70.1 Å². The Labute approximate surface area is 269 Å². The van der Waals surface area contributed by atoms with Crippen molar-refractivity contribution in [2.75, 3.05) is 26.4 Å². The van der Waals surface area contributed by atoms with Gasteiger partial charge < -0.3 is 9.47 Å². The number of hydrogen-bond donors (Lipinski definition) is 4. The average Bonchev–Trinajstić information content (AvgIpc) is 3.00. The van der Waals surface area contributed by atoms with E-state index in [1.165, 1.54) is 76.4 Å². The van der Waals surface area contributed by atoms with Crippen molar-refractivity contribution >= 4 is 11.6 Å². The molecule has 0 amide bonds. The van der Waals surface area contributed by atoms with E-state index in [0.29, 0.717) is 35.8 Å². The summed E-state index contributed by atoms with van der Waals surface area (Å²) in [6, 6.07) is 0. The summed E-state index contributed by atoms with van der Waals surface area (Å²) in [7, 11) is 0. The maximum atomic E-state index is 11.7. The summed E-state index contributed by atoms with van der Waals surface area (Å²) in [6.45, 7) is 10.3. The van der Waals surface area contributed by atoms with Crippen LogP contribution in [0.5, 0.6) is 0 Å². The Hall–Kier alpha value is -2.26. The van der Waals surface area contributed by atoms with Gasteiger partial charge in [-0.3, -0.25) is 31.0 Å². The number of nitrogens with one attached hydrogen (secondary N) is 2. The molecule has 0 unspecified atom stereocenters. The molecule has 2 aliphatic rings. The van der Waals surface area contributed by atoms with Gasteiger partial charge in [0.15, 0.2) is 11.6 Å². The van der Waals surface area contributed by atoms with Crippen LogP contribution in [-0.2, 0) is 36.1 Å². The molecule has 0 fully saturated rings. The number of ether oxygens (including phenoxy) is 2. The number of rotatable bonds is 20. The largest absolute Gasteiger partial charge is 0.377 e. The van der Waals surface area contributed by atoms with Crippen LogP contribution in [0.3, 0.4) is 0 Å². The Morgan fingerprint density at radius 2 is 0.953 bits per heavy atom. The molecule has 0 aromatic heterocycles. The molecule has 2 aliphatic carbocycles. The van der Waals surface area contributed by atoms with Crippen molar-refractivity contribution < 1.29 is 46.5 Å². The Morgan fingerprint density at radius 3 is 1.30 bits per heavy atom. The summed E-state index contributed by atoms with van der Waals surface area (Å²) in [5, 5.41) is 17.8. The van der Waals surface area contributed by atoms with Gasteiger partial charge in [0.2, 0.25) is 0 Å². The maximum absolute atomic E-state index is 11.7. The van der Waals surface area contributed by atoms with Crippen molar-refractivity contribution in [2.45, 2.75) is 105 Å². The van der Waals surface area contributed by atoms with E-state index in [1.807, 2.05) is 11.0 Å². The molecule has 0 aromatic rings. The van der Waals surface area contributed by atoms with Gasteiger partial charge in [0.05, 0.1) is 13.2 Å². The van der Waals surface area contributed by atoms with Crippen LogP contribution < -0.4 is 11.0 Å². The third-order valence-corrected chi connectivity index (χ3v) is 7.05. The van der Waals surface area contributed by atoms with Gasteiger partial charge in [-0.1, -0.05) is 90.2 Å². The van der Waals surface area contributed by atoms with Gasteiger partial charge >= 0.3 is 0 Å². The SMILES string of the molecule is CCCCCCCCOCC1=C/C(=C(/C)NO)C(=O)C=C1.CCCCCCCCOCC1=C/C(=C(\C)NO)C(=O)C=C1.[Fe]. The van der Waals surface area contributed by atoms with Crippen LogP contribution in [0.25, 0.3) is 0 Å². The molecule has 0 saturated heterocycles. The number of ketones is 2. The summed E-state index contributed by atoms with van der Waals surface area (Å²) in [4.78, 5) is 23.3. The first kappa shape index (κ1) is 40.7. The second-order valence-electron chi connectivity index (χ2n) is 10.8. The van der Waals surface area contributed by atoms with E-state index in [-0.39, 0.29) is 28.6 Å². The molecule has 9 heteroatoms. The molecule has 0 heterocycles. The summed E-state index contributed by atoms with van der Waals surface area (Å²) in [6.07, 6.45) is 25.1. The van der Waals surface area contributed by atoms with Crippen LogP contribution in [-0.4, -0.2) is 48.4 Å². The van der Waals surface area contributed by atoms with E-state index < -0.39 is 0 Å². The fraction of sp³-hybridized carbons (Fsp3) is 0.588. The quantitative estimate of drug-likeness (QED) is 0.0471. The maximum Gasteiger partial charge on any atom is 0.187 e. The van der Waals surface area contributed by atoms with Crippen molar-refractivity contribution in [2.24, 2.45) is 0 Å². The summed E-state index contributed by atoms with van der Waals surface area (Å²) in [5.41, 5.74) is 7.83.